The van der Waals surface area contributed by atoms with Crippen molar-refractivity contribution in [2.24, 2.45) is 11.8 Å². The first-order valence-corrected chi connectivity index (χ1v) is 13.2. The number of amides is 3. The molecule has 0 radical (unpaired) electrons. The molecule has 3 saturated heterocycles. The van der Waals surface area contributed by atoms with Crippen LogP contribution in [0.15, 0.2) is 54.6 Å². The van der Waals surface area contributed by atoms with Crippen molar-refractivity contribution >= 4 is 23.4 Å². The summed E-state index contributed by atoms with van der Waals surface area (Å²) in [7, 11) is 1.57. The molecule has 2 unspecified atom stereocenters. The second-order valence-corrected chi connectivity index (χ2v) is 10.6. The van der Waals surface area contributed by atoms with E-state index in [4.69, 9.17) is 9.47 Å². The molecule has 5 atom stereocenters. The van der Waals surface area contributed by atoms with Gasteiger partial charge in [0.15, 0.2) is 0 Å². The minimum atomic E-state index is -1.09. The van der Waals surface area contributed by atoms with Gasteiger partial charge in [-0.15, -0.1) is 0 Å². The maximum Gasteiger partial charge on any atom is 0.250 e. The number of likely N-dealkylation sites (tertiary alicyclic amines) is 1. The Morgan fingerprint density at radius 2 is 1.82 bits per heavy atom. The van der Waals surface area contributed by atoms with Gasteiger partial charge in [0.25, 0.3) is 0 Å². The molecule has 2 bridgehead atoms. The van der Waals surface area contributed by atoms with Crippen molar-refractivity contribution in [3.05, 3.63) is 60.2 Å². The number of unbranched alkanes of at least 4 members (excludes halogenated alkanes) is 1. The van der Waals surface area contributed by atoms with E-state index in [1.54, 1.807) is 36.3 Å². The lowest BCUT2D eigenvalue weighted by molar-refractivity contribution is -0.144. The third-order valence-corrected chi connectivity index (χ3v) is 8.28. The summed E-state index contributed by atoms with van der Waals surface area (Å²) in [6.45, 7) is 2.53. The number of methoxy groups -OCH3 is 1. The highest BCUT2D eigenvalue weighted by Crippen LogP contribution is 2.63. The number of aliphatic hydroxyl groups excluding tert-OH is 1. The van der Waals surface area contributed by atoms with E-state index in [0.717, 1.165) is 5.56 Å². The highest BCUT2D eigenvalue weighted by atomic mass is 16.5. The van der Waals surface area contributed by atoms with E-state index in [9.17, 15) is 19.5 Å². The Kier molecular flexibility index (Phi) is 7.15. The third kappa shape index (κ3) is 4.43. The van der Waals surface area contributed by atoms with Crippen LogP contribution in [0.25, 0.3) is 0 Å². The molecule has 9 heteroatoms. The first-order valence-electron chi connectivity index (χ1n) is 13.2. The number of fused-ring (bicyclic) bond motifs is 1. The lowest BCUT2D eigenvalue weighted by Gasteiger charge is -2.33. The normalized spacial score (nSPS) is 29.3. The Hall–Kier alpha value is -3.43. The highest BCUT2D eigenvalue weighted by molar-refractivity contribution is 6.03. The summed E-state index contributed by atoms with van der Waals surface area (Å²) in [4.78, 5) is 42.9. The second kappa shape index (κ2) is 10.4. The predicted molar refractivity (Wildman–Crippen MR) is 140 cm³/mol. The lowest BCUT2D eigenvalue weighted by atomic mass is 9.66. The van der Waals surface area contributed by atoms with Crippen LogP contribution < -0.4 is 15.4 Å². The van der Waals surface area contributed by atoms with E-state index in [1.807, 2.05) is 37.3 Å². The van der Waals surface area contributed by atoms with Gasteiger partial charge in [0, 0.05) is 25.4 Å². The first kappa shape index (κ1) is 26.2. The molecule has 3 amide bonds. The number of benzene rings is 2. The molecule has 3 N–H and O–H groups in total. The number of hydrogen-bond donors (Lipinski definition) is 3. The molecular formula is C29H35N3O6. The maximum atomic E-state index is 14.0. The fourth-order valence-corrected chi connectivity index (χ4v) is 6.54. The zero-order valence-corrected chi connectivity index (χ0v) is 21.8. The summed E-state index contributed by atoms with van der Waals surface area (Å²) in [5, 5.41) is 15.3. The SMILES string of the molecule is COc1ccc(NC(=O)C2N(CCCCO)C(=O)[C@@H]3[C@H](C(=O)NCc4ccccc4)[C@]4(C)CCC23O4)cc1. The Balaban J connectivity index is 1.43. The molecule has 2 aromatic rings. The van der Waals surface area contributed by atoms with Crippen LogP contribution in [0.3, 0.4) is 0 Å². The number of carbonyl (C=O) groups excluding carboxylic acids is 3. The number of nitrogens with zero attached hydrogens (tertiary/aromatic N) is 1. The molecule has 202 valence electrons. The number of aliphatic hydroxyl groups is 1. The van der Waals surface area contributed by atoms with Gasteiger partial charge in [0.2, 0.25) is 17.7 Å². The number of hydrogen-bond acceptors (Lipinski definition) is 6. The monoisotopic (exact) mass is 521 g/mol. The average molecular weight is 522 g/mol. The van der Waals surface area contributed by atoms with Crippen molar-refractivity contribution in [2.45, 2.75) is 56.4 Å². The Bertz CT molecular complexity index is 1190. The van der Waals surface area contributed by atoms with Gasteiger partial charge in [0.05, 0.1) is 24.5 Å². The first-order chi connectivity index (χ1) is 18.3. The topological polar surface area (TPSA) is 117 Å². The number of nitrogens with one attached hydrogen (secondary N) is 2. The molecule has 0 saturated carbocycles. The second-order valence-electron chi connectivity index (χ2n) is 10.6. The summed E-state index contributed by atoms with van der Waals surface area (Å²) in [6, 6.07) is 15.7. The molecule has 0 aliphatic carbocycles. The van der Waals surface area contributed by atoms with E-state index >= 15 is 0 Å². The van der Waals surface area contributed by atoms with Crippen LogP contribution in [0.5, 0.6) is 5.75 Å². The molecule has 3 aliphatic heterocycles. The number of rotatable bonds is 10. The van der Waals surface area contributed by atoms with E-state index < -0.39 is 29.1 Å². The van der Waals surface area contributed by atoms with E-state index in [-0.39, 0.29) is 24.3 Å². The van der Waals surface area contributed by atoms with Crippen LogP contribution in [0.1, 0.15) is 38.2 Å². The van der Waals surface area contributed by atoms with Crippen LogP contribution >= 0.6 is 0 Å². The fraction of sp³-hybridized carbons (Fsp3) is 0.483. The minimum Gasteiger partial charge on any atom is -0.497 e. The fourth-order valence-electron chi connectivity index (χ4n) is 6.54. The van der Waals surface area contributed by atoms with Gasteiger partial charge in [0.1, 0.15) is 17.4 Å². The Morgan fingerprint density at radius 1 is 1.08 bits per heavy atom. The molecule has 3 aliphatic rings. The van der Waals surface area contributed by atoms with E-state index in [2.05, 4.69) is 10.6 Å². The summed E-state index contributed by atoms with van der Waals surface area (Å²) in [6.07, 6.45) is 2.14. The van der Waals surface area contributed by atoms with Gasteiger partial charge in [-0.1, -0.05) is 30.3 Å². The quantitative estimate of drug-likeness (QED) is 0.414. The smallest absolute Gasteiger partial charge is 0.250 e. The predicted octanol–water partition coefficient (Wildman–Crippen LogP) is 2.49. The maximum absolute atomic E-state index is 14.0. The van der Waals surface area contributed by atoms with E-state index in [0.29, 0.717) is 50.2 Å². The number of ether oxygens (including phenoxy) is 2. The molecule has 0 aromatic heterocycles. The van der Waals surface area contributed by atoms with Crippen LogP contribution in [0, 0.1) is 11.8 Å². The van der Waals surface area contributed by atoms with Gasteiger partial charge in [-0.25, -0.2) is 0 Å². The van der Waals surface area contributed by atoms with Crippen LogP contribution in [0.4, 0.5) is 5.69 Å². The molecule has 38 heavy (non-hydrogen) atoms. The average Bonchev–Trinajstić information content (AvgIpc) is 3.49. The zero-order chi connectivity index (χ0) is 26.9. The third-order valence-electron chi connectivity index (χ3n) is 8.28. The molecule has 3 heterocycles. The number of anilines is 1. The van der Waals surface area contributed by atoms with E-state index in [1.165, 1.54) is 0 Å². The van der Waals surface area contributed by atoms with Crippen molar-refractivity contribution in [1.29, 1.82) is 0 Å². The molecule has 1 spiro atoms. The van der Waals surface area contributed by atoms with Gasteiger partial charge < -0.3 is 30.1 Å². The number of carbonyl (C=O) groups is 3. The molecule has 3 fully saturated rings. The van der Waals surface area contributed by atoms with Crippen molar-refractivity contribution in [3.8, 4) is 5.75 Å². The molecule has 2 aromatic carbocycles. The Morgan fingerprint density at radius 3 is 2.50 bits per heavy atom. The van der Waals surface area contributed by atoms with Crippen LogP contribution in [-0.2, 0) is 25.7 Å². The zero-order valence-electron chi connectivity index (χ0n) is 21.8. The van der Waals surface area contributed by atoms with Crippen LogP contribution in [0.2, 0.25) is 0 Å². The van der Waals surface area contributed by atoms with Gasteiger partial charge >= 0.3 is 0 Å². The molecular weight excluding hydrogens is 486 g/mol. The lowest BCUT2D eigenvalue weighted by Crippen LogP contribution is -2.53. The summed E-state index contributed by atoms with van der Waals surface area (Å²) in [5.41, 5.74) is -0.382. The summed E-state index contributed by atoms with van der Waals surface area (Å²) in [5.74, 6) is -1.60. The van der Waals surface area contributed by atoms with Crippen molar-refractivity contribution in [1.82, 2.24) is 10.2 Å². The Labute approximate surface area is 222 Å². The van der Waals surface area contributed by atoms with Gasteiger partial charge in [-0.3, -0.25) is 14.4 Å². The summed E-state index contributed by atoms with van der Waals surface area (Å²) < 4.78 is 11.8. The van der Waals surface area contributed by atoms with Gasteiger partial charge in [-0.05, 0) is 62.4 Å². The van der Waals surface area contributed by atoms with Crippen LogP contribution in [-0.4, -0.2) is 65.2 Å². The summed E-state index contributed by atoms with van der Waals surface area (Å²) >= 11 is 0. The highest BCUT2D eigenvalue weighted by Gasteiger charge is 2.77. The van der Waals surface area contributed by atoms with Crippen molar-refractivity contribution < 1.29 is 29.0 Å². The standard InChI is InChI=1S/C29H35N3O6/c1-28-14-15-29(38-28)23(22(28)25(34)30-18-19-8-4-3-5-9-19)27(36)32(16-6-7-17-33)24(29)26(35)31-20-10-12-21(37-2)13-11-20/h3-5,8-13,22-24,33H,6-7,14-18H2,1-2H3,(H,30,34)(H,31,35)/t22-,23+,24?,28+,29?/m1/s1. The molecule has 9 nitrogen and oxygen atoms in total. The van der Waals surface area contributed by atoms with Crippen molar-refractivity contribution in [3.63, 3.8) is 0 Å². The van der Waals surface area contributed by atoms with Gasteiger partial charge in [-0.2, -0.15) is 0 Å². The molecule has 5 rings (SSSR count). The minimum absolute atomic E-state index is 0.00159. The largest absolute Gasteiger partial charge is 0.497 e. The van der Waals surface area contributed by atoms with Crippen molar-refractivity contribution in [2.75, 3.05) is 25.6 Å².